The van der Waals surface area contributed by atoms with Gasteiger partial charge in [-0.3, -0.25) is 5.01 Å². The monoisotopic (exact) mass is 250 g/mol. The van der Waals surface area contributed by atoms with Crippen molar-refractivity contribution in [3.05, 3.63) is 29.8 Å². The lowest BCUT2D eigenvalue weighted by Crippen LogP contribution is -2.31. The molecule has 1 rings (SSSR count). The van der Waals surface area contributed by atoms with Crippen LogP contribution in [0, 0.1) is 0 Å². The van der Waals surface area contributed by atoms with Crippen molar-refractivity contribution in [2.75, 3.05) is 20.8 Å². The average molecular weight is 250 g/mol. The molecule has 0 aromatic heterocycles. The molecule has 0 saturated carbocycles. The summed E-state index contributed by atoms with van der Waals surface area (Å²) in [4.78, 5) is 0. The molecule has 0 radical (unpaired) electrons. The molecule has 0 spiro atoms. The highest BCUT2D eigenvalue weighted by Gasteiger charge is 2.12. The van der Waals surface area contributed by atoms with Crippen molar-refractivity contribution in [3.8, 4) is 5.75 Å². The maximum Gasteiger partial charge on any atom is 0.124 e. The van der Waals surface area contributed by atoms with Crippen LogP contribution in [0.2, 0.25) is 0 Å². The number of hydrazone groups is 1. The van der Waals surface area contributed by atoms with Crippen LogP contribution in [-0.2, 0) is 4.74 Å². The van der Waals surface area contributed by atoms with E-state index >= 15 is 0 Å². The zero-order valence-corrected chi connectivity index (χ0v) is 11.6. The van der Waals surface area contributed by atoms with Crippen molar-refractivity contribution in [1.82, 2.24) is 5.01 Å². The first-order valence-electron chi connectivity index (χ1n) is 6.15. The number of benzene rings is 1. The Bertz CT molecular complexity index is 405. The van der Waals surface area contributed by atoms with Gasteiger partial charge >= 0.3 is 0 Å². The van der Waals surface area contributed by atoms with Gasteiger partial charge in [-0.25, -0.2) is 0 Å². The fraction of sp³-hybridized carbons (Fsp3) is 0.500. The Balaban J connectivity index is 2.85. The number of para-hydroxylation sites is 1. The van der Waals surface area contributed by atoms with Gasteiger partial charge in [0.25, 0.3) is 0 Å². The summed E-state index contributed by atoms with van der Waals surface area (Å²) in [6, 6.07) is 7.46. The van der Waals surface area contributed by atoms with Crippen molar-refractivity contribution < 1.29 is 9.84 Å². The Morgan fingerprint density at radius 1 is 1.44 bits per heavy atom. The number of hydrogen-bond donors (Lipinski definition) is 1. The molecule has 4 heteroatoms. The molecule has 0 bridgehead atoms. The van der Waals surface area contributed by atoms with Crippen molar-refractivity contribution in [2.24, 2.45) is 5.10 Å². The molecule has 0 aliphatic heterocycles. The number of phenols is 1. The fourth-order valence-electron chi connectivity index (χ4n) is 1.83. The van der Waals surface area contributed by atoms with E-state index in [4.69, 9.17) is 4.74 Å². The van der Waals surface area contributed by atoms with Crippen LogP contribution >= 0.6 is 0 Å². The fourth-order valence-corrected chi connectivity index (χ4v) is 1.83. The van der Waals surface area contributed by atoms with Gasteiger partial charge in [-0.05, 0) is 25.5 Å². The van der Waals surface area contributed by atoms with Crippen LogP contribution in [0.5, 0.6) is 5.75 Å². The van der Waals surface area contributed by atoms with E-state index in [1.807, 2.05) is 31.1 Å². The molecule has 0 unspecified atom stereocenters. The number of hydrogen-bond acceptors (Lipinski definition) is 4. The van der Waals surface area contributed by atoms with E-state index in [2.05, 4.69) is 12.0 Å². The Morgan fingerprint density at radius 2 is 2.11 bits per heavy atom. The topological polar surface area (TPSA) is 45.1 Å². The highest BCUT2D eigenvalue weighted by Crippen LogP contribution is 2.17. The lowest BCUT2D eigenvalue weighted by atomic mass is 10.1. The van der Waals surface area contributed by atoms with E-state index in [1.165, 1.54) is 0 Å². The molecule has 0 amide bonds. The lowest BCUT2D eigenvalue weighted by Gasteiger charge is -2.24. The molecule has 1 aromatic rings. The average Bonchev–Trinajstić information content (AvgIpc) is 2.36. The van der Waals surface area contributed by atoms with Gasteiger partial charge < -0.3 is 9.84 Å². The van der Waals surface area contributed by atoms with Gasteiger partial charge in [0.15, 0.2) is 0 Å². The zero-order valence-electron chi connectivity index (χ0n) is 11.6. The lowest BCUT2D eigenvalue weighted by molar-refractivity contribution is 0.106. The van der Waals surface area contributed by atoms with Gasteiger partial charge in [0.05, 0.1) is 18.4 Å². The number of phenolic OH excluding ortho intramolecular Hbond substituents is 1. The quantitative estimate of drug-likeness (QED) is 0.623. The summed E-state index contributed by atoms with van der Waals surface area (Å²) >= 11 is 0. The second-order valence-electron chi connectivity index (χ2n) is 4.29. The summed E-state index contributed by atoms with van der Waals surface area (Å²) < 4.78 is 5.17. The Morgan fingerprint density at radius 3 is 2.67 bits per heavy atom. The highest BCUT2D eigenvalue weighted by molar-refractivity contribution is 6.00. The summed E-state index contributed by atoms with van der Waals surface area (Å²) in [7, 11) is 3.62. The molecule has 4 nitrogen and oxygen atoms in total. The molecule has 1 N–H and O–H groups in total. The van der Waals surface area contributed by atoms with Crippen LogP contribution in [0.15, 0.2) is 29.4 Å². The molecule has 18 heavy (non-hydrogen) atoms. The summed E-state index contributed by atoms with van der Waals surface area (Å²) in [6.45, 7) is 4.64. The Hall–Kier alpha value is -1.55. The first kappa shape index (κ1) is 14.5. The normalized spacial score (nSPS) is 13.4. The van der Waals surface area contributed by atoms with Gasteiger partial charge in [-0.15, -0.1) is 0 Å². The van der Waals surface area contributed by atoms with Crippen LogP contribution in [0.4, 0.5) is 0 Å². The Kier molecular flexibility index (Phi) is 5.65. The summed E-state index contributed by atoms with van der Waals surface area (Å²) in [6.07, 6.45) is 0.960. The second-order valence-corrected chi connectivity index (χ2v) is 4.29. The minimum atomic E-state index is 0.246. The third-order valence-corrected chi connectivity index (χ3v) is 2.96. The molecule has 0 fully saturated rings. The van der Waals surface area contributed by atoms with E-state index in [9.17, 15) is 5.11 Å². The number of nitrogens with zero attached hydrogens (tertiary/aromatic N) is 2. The first-order valence-corrected chi connectivity index (χ1v) is 6.15. The molecule has 0 heterocycles. The van der Waals surface area contributed by atoms with Gasteiger partial charge in [0.1, 0.15) is 5.75 Å². The van der Waals surface area contributed by atoms with Crippen LogP contribution < -0.4 is 0 Å². The molecule has 0 saturated heterocycles. The molecule has 0 aliphatic rings. The standard InChI is InChI=1S/C14H22N2O2/c1-5-12(10-18-4)16(3)15-11(2)13-8-6-7-9-14(13)17/h6-9,12,17H,5,10H2,1-4H3/b15-11+/t12-/m1/s1. The maximum atomic E-state index is 9.77. The van der Waals surface area contributed by atoms with Crippen LogP contribution in [0.3, 0.4) is 0 Å². The third kappa shape index (κ3) is 3.74. The first-order chi connectivity index (χ1) is 8.60. The molecule has 0 aliphatic carbocycles. The second kappa shape index (κ2) is 7.01. The molecule has 1 aromatic carbocycles. The molecule has 100 valence electrons. The largest absolute Gasteiger partial charge is 0.507 e. The van der Waals surface area contributed by atoms with E-state index in [0.717, 1.165) is 17.7 Å². The van der Waals surface area contributed by atoms with E-state index in [-0.39, 0.29) is 11.8 Å². The predicted molar refractivity (Wildman–Crippen MR) is 74.0 cm³/mol. The van der Waals surface area contributed by atoms with Crippen LogP contribution in [0.25, 0.3) is 0 Å². The highest BCUT2D eigenvalue weighted by atomic mass is 16.5. The number of rotatable bonds is 6. The number of likely N-dealkylation sites (N-methyl/N-ethyl adjacent to an activating group) is 1. The summed E-state index contributed by atoms with van der Waals surface area (Å²) in [5.74, 6) is 0.256. The van der Waals surface area contributed by atoms with Gasteiger partial charge in [-0.2, -0.15) is 5.10 Å². The SMILES string of the molecule is CC[C@H](COC)N(C)/N=C(\C)c1ccccc1O. The van der Waals surface area contributed by atoms with E-state index in [1.54, 1.807) is 19.2 Å². The minimum absolute atomic E-state index is 0.246. The van der Waals surface area contributed by atoms with Gasteiger partial charge in [0, 0.05) is 19.7 Å². The van der Waals surface area contributed by atoms with Crippen molar-refractivity contribution in [3.63, 3.8) is 0 Å². The van der Waals surface area contributed by atoms with Gasteiger partial charge in [-0.1, -0.05) is 19.1 Å². The van der Waals surface area contributed by atoms with Crippen LogP contribution in [0.1, 0.15) is 25.8 Å². The zero-order chi connectivity index (χ0) is 13.5. The van der Waals surface area contributed by atoms with Crippen molar-refractivity contribution in [1.29, 1.82) is 0 Å². The number of ether oxygens (including phenoxy) is 1. The number of methoxy groups -OCH3 is 1. The smallest absolute Gasteiger partial charge is 0.124 e. The molecular formula is C14H22N2O2. The van der Waals surface area contributed by atoms with E-state index in [0.29, 0.717) is 6.61 Å². The Labute approximate surface area is 109 Å². The predicted octanol–water partition coefficient (Wildman–Crippen LogP) is 2.47. The summed E-state index contributed by atoms with van der Waals surface area (Å²) in [5, 5.41) is 16.2. The van der Waals surface area contributed by atoms with Crippen molar-refractivity contribution >= 4 is 5.71 Å². The van der Waals surface area contributed by atoms with Crippen molar-refractivity contribution in [2.45, 2.75) is 26.3 Å². The van der Waals surface area contributed by atoms with Crippen LogP contribution in [-0.4, -0.2) is 42.6 Å². The van der Waals surface area contributed by atoms with Gasteiger partial charge in [0.2, 0.25) is 0 Å². The molecule has 1 atom stereocenters. The number of aromatic hydroxyl groups is 1. The minimum Gasteiger partial charge on any atom is -0.507 e. The van der Waals surface area contributed by atoms with E-state index < -0.39 is 0 Å². The summed E-state index contributed by atoms with van der Waals surface area (Å²) in [5.41, 5.74) is 1.56. The third-order valence-electron chi connectivity index (χ3n) is 2.96. The molecular weight excluding hydrogens is 228 g/mol. The maximum absolute atomic E-state index is 9.77.